The van der Waals surface area contributed by atoms with Crippen molar-refractivity contribution in [2.75, 3.05) is 7.11 Å². The summed E-state index contributed by atoms with van der Waals surface area (Å²) >= 11 is 0. The molecule has 0 amide bonds. The van der Waals surface area contributed by atoms with Crippen molar-refractivity contribution in [2.45, 2.75) is 11.1 Å². The second kappa shape index (κ2) is 5.88. The summed E-state index contributed by atoms with van der Waals surface area (Å²) in [5.74, 6) is 0.0312. The summed E-state index contributed by atoms with van der Waals surface area (Å²) < 4.78 is 71.4. The van der Waals surface area contributed by atoms with Gasteiger partial charge in [0.05, 0.1) is 12.7 Å². The summed E-state index contributed by atoms with van der Waals surface area (Å²) in [4.78, 5) is -0.189. The largest absolute Gasteiger partial charge is 0.497 e. The molecular formula is C14H11F3O4S. The molecule has 0 saturated heterocycles. The average Bonchev–Trinajstić information content (AvgIpc) is 2.46. The molecule has 0 bridgehead atoms. The standard InChI is InChI=1S/C14H11F3O4S/c1-20-11-5-7-13(8-6-11)22(18,19)21-12-4-2-3-10(9-12)14(15,16)17/h2-9H,1H3. The Morgan fingerprint density at radius 2 is 1.59 bits per heavy atom. The third-order valence-corrected chi connectivity index (χ3v) is 3.98. The van der Waals surface area contributed by atoms with Gasteiger partial charge < -0.3 is 8.92 Å². The zero-order valence-corrected chi connectivity index (χ0v) is 12.1. The molecular weight excluding hydrogens is 321 g/mol. The summed E-state index contributed by atoms with van der Waals surface area (Å²) in [6.45, 7) is 0. The monoisotopic (exact) mass is 332 g/mol. The van der Waals surface area contributed by atoms with Gasteiger partial charge in [-0.1, -0.05) is 6.07 Å². The second-order valence-electron chi connectivity index (χ2n) is 4.24. The molecule has 2 rings (SSSR count). The Kier molecular flexibility index (Phi) is 4.32. The SMILES string of the molecule is COc1ccc(S(=O)(=O)Oc2cccc(C(F)(F)F)c2)cc1. The van der Waals surface area contributed by atoms with Gasteiger partial charge in [0.15, 0.2) is 0 Å². The molecule has 0 aliphatic heterocycles. The van der Waals surface area contributed by atoms with Crippen molar-refractivity contribution >= 4 is 10.1 Å². The van der Waals surface area contributed by atoms with E-state index in [9.17, 15) is 21.6 Å². The van der Waals surface area contributed by atoms with Crippen LogP contribution in [0, 0.1) is 0 Å². The Labute approximate surface area is 125 Å². The zero-order valence-electron chi connectivity index (χ0n) is 11.3. The third kappa shape index (κ3) is 3.70. The Hall–Kier alpha value is -2.22. The van der Waals surface area contributed by atoms with Crippen LogP contribution in [-0.4, -0.2) is 15.5 Å². The quantitative estimate of drug-likeness (QED) is 0.805. The Morgan fingerprint density at radius 1 is 0.955 bits per heavy atom. The van der Waals surface area contributed by atoms with Gasteiger partial charge in [0.1, 0.15) is 16.4 Å². The van der Waals surface area contributed by atoms with Gasteiger partial charge >= 0.3 is 16.3 Å². The lowest BCUT2D eigenvalue weighted by Gasteiger charge is -2.10. The van der Waals surface area contributed by atoms with Crippen LogP contribution in [0.4, 0.5) is 13.2 Å². The molecule has 22 heavy (non-hydrogen) atoms. The minimum atomic E-state index is -4.58. The number of halogens is 3. The van der Waals surface area contributed by atoms with Gasteiger partial charge in [-0.3, -0.25) is 0 Å². The molecule has 4 nitrogen and oxygen atoms in total. The van der Waals surface area contributed by atoms with E-state index in [-0.39, 0.29) is 4.90 Å². The number of alkyl halides is 3. The van der Waals surface area contributed by atoms with Crippen LogP contribution in [0.15, 0.2) is 53.4 Å². The molecule has 0 N–H and O–H groups in total. The van der Waals surface area contributed by atoms with Crippen LogP contribution >= 0.6 is 0 Å². The molecule has 0 heterocycles. The summed E-state index contributed by atoms with van der Waals surface area (Å²) in [6.07, 6.45) is -4.58. The molecule has 2 aromatic carbocycles. The molecule has 0 radical (unpaired) electrons. The van der Waals surface area contributed by atoms with Crippen LogP contribution in [0.3, 0.4) is 0 Å². The first kappa shape index (κ1) is 16.2. The Bertz CT molecular complexity index is 752. The van der Waals surface area contributed by atoms with Gasteiger partial charge in [-0.25, -0.2) is 0 Å². The van der Waals surface area contributed by atoms with Crippen LogP contribution in [-0.2, 0) is 16.3 Å². The highest BCUT2D eigenvalue weighted by Crippen LogP contribution is 2.32. The first-order valence-corrected chi connectivity index (χ1v) is 7.39. The van der Waals surface area contributed by atoms with E-state index < -0.39 is 27.6 Å². The number of benzene rings is 2. The number of rotatable bonds is 4. The first-order valence-electron chi connectivity index (χ1n) is 5.98. The molecule has 0 atom stereocenters. The second-order valence-corrected chi connectivity index (χ2v) is 5.78. The van der Waals surface area contributed by atoms with Gasteiger partial charge in [-0.15, -0.1) is 0 Å². The Balaban J connectivity index is 2.28. The predicted molar refractivity (Wildman–Crippen MR) is 72.3 cm³/mol. The molecule has 0 saturated carbocycles. The minimum absolute atomic E-state index is 0.189. The molecule has 118 valence electrons. The maximum atomic E-state index is 12.6. The number of ether oxygens (including phenoxy) is 1. The Morgan fingerprint density at radius 3 is 2.14 bits per heavy atom. The normalized spacial score (nSPS) is 12.0. The molecule has 0 aromatic heterocycles. The van der Waals surface area contributed by atoms with Gasteiger partial charge in [0.2, 0.25) is 0 Å². The molecule has 0 spiro atoms. The highest BCUT2D eigenvalue weighted by molar-refractivity contribution is 7.87. The van der Waals surface area contributed by atoms with E-state index in [0.29, 0.717) is 11.8 Å². The summed E-state index contributed by atoms with van der Waals surface area (Å²) in [6, 6.07) is 8.94. The highest BCUT2D eigenvalue weighted by Gasteiger charge is 2.31. The van der Waals surface area contributed by atoms with E-state index >= 15 is 0 Å². The number of hydrogen-bond acceptors (Lipinski definition) is 4. The summed E-state index contributed by atoms with van der Waals surface area (Å²) in [5.41, 5.74) is -0.991. The zero-order chi connectivity index (χ0) is 16.4. The van der Waals surface area contributed by atoms with E-state index in [1.807, 2.05) is 0 Å². The molecule has 2 aromatic rings. The van der Waals surface area contributed by atoms with E-state index in [2.05, 4.69) is 0 Å². The lowest BCUT2D eigenvalue weighted by atomic mass is 10.2. The summed E-state index contributed by atoms with van der Waals surface area (Å²) in [5, 5.41) is 0. The average molecular weight is 332 g/mol. The predicted octanol–water partition coefficient (Wildman–Crippen LogP) is 3.48. The molecule has 0 aliphatic rings. The maximum absolute atomic E-state index is 12.6. The van der Waals surface area contributed by atoms with Gasteiger partial charge in [-0.05, 0) is 42.5 Å². The lowest BCUT2D eigenvalue weighted by Crippen LogP contribution is -2.11. The maximum Gasteiger partial charge on any atom is 0.416 e. The molecule has 0 aliphatic carbocycles. The van der Waals surface area contributed by atoms with Crippen molar-refractivity contribution in [1.82, 2.24) is 0 Å². The van der Waals surface area contributed by atoms with Crippen molar-refractivity contribution in [1.29, 1.82) is 0 Å². The van der Waals surface area contributed by atoms with Crippen LogP contribution in [0.2, 0.25) is 0 Å². The fraction of sp³-hybridized carbons (Fsp3) is 0.143. The topological polar surface area (TPSA) is 52.6 Å². The van der Waals surface area contributed by atoms with Crippen molar-refractivity contribution in [3.05, 3.63) is 54.1 Å². The van der Waals surface area contributed by atoms with Crippen molar-refractivity contribution in [2.24, 2.45) is 0 Å². The van der Waals surface area contributed by atoms with Crippen molar-refractivity contribution < 1.29 is 30.5 Å². The highest BCUT2D eigenvalue weighted by atomic mass is 32.2. The smallest absolute Gasteiger partial charge is 0.416 e. The fourth-order valence-electron chi connectivity index (χ4n) is 1.64. The number of methoxy groups -OCH3 is 1. The van der Waals surface area contributed by atoms with Crippen LogP contribution in [0.1, 0.15) is 5.56 Å². The number of hydrogen-bond donors (Lipinski definition) is 0. The van der Waals surface area contributed by atoms with Crippen LogP contribution < -0.4 is 8.92 Å². The summed E-state index contributed by atoms with van der Waals surface area (Å²) in [7, 11) is -2.80. The third-order valence-electron chi connectivity index (χ3n) is 2.72. The van der Waals surface area contributed by atoms with Gasteiger partial charge in [0, 0.05) is 0 Å². The van der Waals surface area contributed by atoms with E-state index in [4.69, 9.17) is 8.92 Å². The molecule has 0 fully saturated rings. The van der Waals surface area contributed by atoms with Crippen molar-refractivity contribution in [3.8, 4) is 11.5 Å². The van der Waals surface area contributed by atoms with Crippen molar-refractivity contribution in [3.63, 3.8) is 0 Å². The fourth-order valence-corrected chi connectivity index (χ4v) is 2.56. The minimum Gasteiger partial charge on any atom is -0.497 e. The van der Waals surface area contributed by atoms with E-state index in [1.165, 1.54) is 31.4 Å². The molecule has 8 heteroatoms. The van der Waals surface area contributed by atoms with E-state index in [0.717, 1.165) is 18.2 Å². The van der Waals surface area contributed by atoms with Crippen LogP contribution in [0.25, 0.3) is 0 Å². The molecule has 0 unspecified atom stereocenters. The van der Waals surface area contributed by atoms with Gasteiger partial charge in [-0.2, -0.15) is 21.6 Å². The first-order chi connectivity index (χ1) is 10.2. The van der Waals surface area contributed by atoms with E-state index in [1.54, 1.807) is 0 Å². The lowest BCUT2D eigenvalue weighted by molar-refractivity contribution is -0.137. The van der Waals surface area contributed by atoms with Gasteiger partial charge in [0.25, 0.3) is 0 Å². The van der Waals surface area contributed by atoms with Crippen LogP contribution in [0.5, 0.6) is 11.5 Å².